The summed E-state index contributed by atoms with van der Waals surface area (Å²) in [6.07, 6.45) is 5.24. The first kappa shape index (κ1) is 15.5. The zero-order valence-electron chi connectivity index (χ0n) is 13.4. The first-order valence-corrected chi connectivity index (χ1v) is 8.13. The van der Waals surface area contributed by atoms with Crippen LogP contribution < -0.4 is 10.9 Å². The SMILES string of the molecule is O=C(Cn1ncn2nc3c(c2c1=O)CCCC3)Nc1ccc(F)cc1. The minimum atomic E-state index is -0.404. The van der Waals surface area contributed by atoms with Gasteiger partial charge in [-0.15, -0.1) is 0 Å². The maximum atomic E-state index is 12.9. The summed E-state index contributed by atoms with van der Waals surface area (Å²) in [5, 5.41) is 11.1. The molecule has 1 amide bonds. The number of rotatable bonds is 3. The first-order chi connectivity index (χ1) is 12.1. The molecular weight excluding hydrogens is 325 g/mol. The number of aromatic nitrogens is 4. The number of nitrogens with zero attached hydrogens (tertiary/aromatic N) is 4. The van der Waals surface area contributed by atoms with Crippen LogP contribution in [0.3, 0.4) is 0 Å². The van der Waals surface area contributed by atoms with E-state index in [9.17, 15) is 14.0 Å². The molecule has 25 heavy (non-hydrogen) atoms. The number of amides is 1. The van der Waals surface area contributed by atoms with Gasteiger partial charge in [-0.05, 0) is 49.9 Å². The quantitative estimate of drug-likeness (QED) is 0.784. The van der Waals surface area contributed by atoms with Crippen LogP contribution >= 0.6 is 0 Å². The van der Waals surface area contributed by atoms with Crippen LogP contribution in [0.4, 0.5) is 10.1 Å². The minimum absolute atomic E-state index is 0.216. The number of carbonyl (C=O) groups excluding carboxylic acids is 1. The van der Waals surface area contributed by atoms with E-state index in [0.717, 1.165) is 41.6 Å². The van der Waals surface area contributed by atoms with Gasteiger partial charge in [0.15, 0.2) is 0 Å². The second-order valence-electron chi connectivity index (χ2n) is 6.07. The summed E-state index contributed by atoms with van der Waals surface area (Å²) in [7, 11) is 0. The highest BCUT2D eigenvalue weighted by atomic mass is 19.1. The Morgan fingerprint density at radius 1 is 1.20 bits per heavy atom. The average Bonchev–Trinajstić information content (AvgIpc) is 2.99. The molecule has 0 aliphatic heterocycles. The van der Waals surface area contributed by atoms with Gasteiger partial charge in [-0.25, -0.2) is 13.6 Å². The number of aryl methyl sites for hydroxylation is 2. The fourth-order valence-electron chi connectivity index (χ4n) is 3.15. The molecule has 1 aromatic carbocycles. The van der Waals surface area contributed by atoms with E-state index in [1.807, 2.05) is 0 Å². The van der Waals surface area contributed by atoms with Crippen LogP contribution in [0, 0.1) is 5.82 Å². The normalized spacial score (nSPS) is 13.6. The molecule has 4 rings (SSSR count). The fraction of sp³-hybridized carbons (Fsp3) is 0.294. The Hall–Kier alpha value is -3.03. The van der Waals surface area contributed by atoms with Gasteiger partial charge < -0.3 is 5.32 Å². The van der Waals surface area contributed by atoms with Crippen molar-refractivity contribution in [3.05, 3.63) is 58.0 Å². The van der Waals surface area contributed by atoms with Crippen LogP contribution in [0.25, 0.3) is 5.52 Å². The lowest BCUT2D eigenvalue weighted by molar-refractivity contribution is -0.117. The predicted molar refractivity (Wildman–Crippen MR) is 88.9 cm³/mol. The van der Waals surface area contributed by atoms with E-state index in [-0.39, 0.29) is 17.9 Å². The summed E-state index contributed by atoms with van der Waals surface area (Å²) in [5.74, 6) is -0.786. The van der Waals surface area contributed by atoms with Crippen LogP contribution in [0.5, 0.6) is 0 Å². The molecule has 7 nitrogen and oxygen atoms in total. The van der Waals surface area contributed by atoms with Crippen LogP contribution in [0.2, 0.25) is 0 Å². The maximum Gasteiger partial charge on any atom is 0.293 e. The maximum absolute atomic E-state index is 12.9. The van der Waals surface area contributed by atoms with Gasteiger partial charge >= 0.3 is 0 Å². The molecule has 8 heteroatoms. The lowest BCUT2D eigenvalue weighted by Crippen LogP contribution is -2.31. The predicted octanol–water partition coefficient (Wildman–Crippen LogP) is 1.55. The summed E-state index contributed by atoms with van der Waals surface area (Å²) in [6.45, 7) is -0.216. The summed E-state index contributed by atoms with van der Waals surface area (Å²) in [4.78, 5) is 24.9. The summed E-state index contributed by atoms with van der Waals surface area (Å²) in [5.41, 5.74) is 2.54. The molecule has 0 fully saturated rings. The van der Waals surface area contributed by atoms with E-state index in [1.54, 1.807) is 0 Å². The lowest BCUT2D eigenvalue weighted by Gasteiger charge is -2.09. The van der Waals surface area contributed by atoms with Crippen molar-refractivity contribution in [1.82, 2.24) is 19.4 Å². The highest BCUT2D eigenvalue weighted by molar-refractivity contribution is 5.90. The Morgan fingerprint density at radius 3 is 2.76 bits per heavy atom. The molecule has 0 saturated carbocycles. The smallest absolute Gasteiger partial charge is 0.293 e. The van der Waals surface area contributed by atoms with E-state index in [1.165, 1.54) is 35.1 Å². The molecule has 0 saturated heterocycles. The molecule has 128 valence electrons. The van der Waals surface area contributed by atoms with Gasteiger partial charge in [0.1, 0.15) is 24.2 Å². The molecule has 0 radical (unpaired) electrons. The van der Waals surface area contributed by atoms with Crippen molar-refractivity contribution in [3.63, 3.8) is 0 Å². The van der Waals surface area contributed by atoms with Crippen LogP contribution in [0.15, 0.2) is 35.4 Å². The number of anilines is 1. The largest absolute Gasteiger partial charge is 0.324 e. The van der Waals surface area contributed by atoms with Gasteiger partial charge in [0, 0.05) is 11.3 Å². The standard InChI is InChI=1S/C17H16FN5O2/c18-11-5-7-12(8-6-11)20-15(24)9-22-17(25)16-13-3-1-2-4-14(13)21-23(16)10-19-22/h5-8,10H,1-4,9H2,(H,20,24). The molecule has 0 atom stereocenters. The van der Waals surface area contributed by atoms with Crippen molar-refractivity contribution in [2.75, 3.05) is 5.32 Å². The first-order valence-electron chi connectivity index (χ1n) is 8.13. The topological polar surface area (TPSA) is 81.3 Å². The van der Waals surface area contributed by atoms with E-state index < -0.39 is 5.91 Å². The van der Waals surface area contributed by atoms with Crippen LogP contribution in [0.1, 0.15) is 24.1 Å². The molecular formula is C17H16FN5O2. The summed E-state index contributed by atoms with van der Waals surface area (Å²) in [6, 6.07) is 5.43. The van der Waals surface area contributed by atoms with E-state index >= 15 is 0 Å². The number of nitrogens with one attached hydrogen (secondary N) is 1. The second-order valence-corrected chi connectivity index (χ2v) is 6.07. The third-order valence-electron chi connectivity index (χ3n) is 4.34. The van der Waals surface area contributed by atoms with Crippen molar-refractivity contribution >= 4 is 17.1 Å². The molecule has 2 aromatic heterocycles. The fourth-order valence-corrected chi connectivity index (χ4v) is 3.15. The van der Waals surface area contributed by atoms with E-state index in [4.69, 9.17) is 0 Å². The number of benzene rings is 1. The lowest BCUT2D eigenvalue weighted by atomic mass is 9.97. The van der Waals surface area contributed by atoms with Gasteiger partial charge in [-0.2, -0.15) is 10.2 Å². The number of hydrogen-bond donors (Lipinski definition) is 1. The van der Waals surface area contributed by atoms with Gasteiger partial charge in [-0.3, -0.25) is 9.59 Å². The Kier molecular flexibility index (Phi) is 3.79. The molecule has 0 spiro atoms. The summed E-state index contributed by atoms with van der Waals surface area (Å²) < 4.78 is 15.5. The Labute approximate surface area is 142 Å². The molecule has 3 aromatic rings. The van der Waals surface area contributed by atoms with Crippen molar-refractivity contribution in [2.24, 2.45) is 0 Å². The molecule has 1 N–H and O–H groups in total. The monoisotopic (exact) mass is 341 g/mol. The molecule has 2 heterocycles. The van der Waals surface area contributed by atoms with Gasteiger partial charge in [-0.1, -0.05) is 0 Å². The molecule has 0 unspecified atom stereocenters. The Bertz CT molecular complexity index is 1010. The Morgan fingerprint density at radius 2 is 1.96 bits per heavy atom. The number of fused-ring (bicyclic) bond motifs is 3. The van der Waals surface area contributed by atoms with Crippen molar-refractivity contribution in [2.45, 2.75) is 32.2 Å². The zero-order chi connectivity index (χ0) is 17.4. The zero-order valence-corrected chi connectivity index (χ0v) is 13.4. The third kappa shape index (κ3) is 2.90. The molecule has 0 bridgehead atoms. The van der Waals surface area contributed by atoms with Crippen molar-refractivity contribution in [1.29, 1.82) is 0 Å². The molecule has 1 aliphatic rings. The highest BCUT2D eigenvalue weighted by Crippen LogP contribution is 2.22. The average molecular weight is 341 g/mol. The molecule has 1 aliphatic carbocycles. The summed E-state index contributed by atoms with van der Waals surface area (Å²) >= 11 is 0. The number of carbonyl (C=O) groups is 1. The van der Waals surface area contributed by atoms with Gasteiger partial charge in [0.25, 0.3) is 5.56 Å². The highest BCUT2D eigenvalue weighted by Gasteiger charge is 2.20. The van der Waals surface area contributed by atoms with Gasteiger partial charge in [0.05, 0.1) is 5.69 Å². The second kappa shape index (κ2) is 6.12. The third-order valence-corrected chi connectivity index (χ3v) is 4.34. The van der Waals surface area contributed by atoms with Gasteiger partial charge in [0.2, 0.25) is 5.91 Å². The van der Waals surface area contributed by atoms with Crippen molar-refractivity contribution in [3.8, 4) is 0 Å². The van der Waals surface area contributed by atoms with Crippen LogP contribution in [-0.2, 0) is 24.2 Å². The van der Waals surface area contributed by atoms with Crippen molar-refractivity contribution < 1.29 is 9.18 Å². The Balaban J connectivity index is 1.61. The number of halogens is 1. The van der Waals surface area contributed by atoms with E-state index in [2.05, 4.69) is 15.5 Å². The van der Waals surface area contributed by atoms with E-state index in [0.29, 0.717) is 11.2 Å². The van der Waals surface area contributed by atoms with Crippen LogP contribution in [-0.4, -0.2) is 25.3 Å². The number of hydrogen-bond acceptors (Lipinski definition) is 4. The minimum Gasteiger partial charge on any atom is -0.324 e.